The summed E-state index contributed by atoms with van der Waals surface area (Å²) in [5, 5.41) is 2.08. The normalized spacial score (nSPS) is 10.8. The zero-order valence-corrected chi connectivity index (χ0v) is 16.4. The van der Waals surface area contributed by atoms with Crippen LogP contribution in [-0.4, -0.2) is 0 Å². The van der Waals surface area contributed by atoms with Crippen molar-refractivity contribution >= 4 is 34.8 Å². The van der Waals surface area contributed by atoms with Crippen molar-refractivity contribution in [1.29, 1.82) is 0 Å². The molecule has 4 aromatic rings. The fourth-order valence-electron chi connectivity index (χ4n) is 2.82. The molecule has 0 amide bonds. The minimum absolute atomic E-state index is 0.686. The Bertz CT molecular complexity index is 916. The molecule has 27 heavy (non-hydrogen) atoms. The van der Waals surface area contributed by atoms with E-state index in [0.717, 1.165) is 33.8 Å². The molecule has 0 saturated carbocycles. The average Bonchev–Trinajstić information content (AvgIpc) is 2.69. The molecule has 0 spiro atoms. The monoisotopic (exact) mass is 411 g/mol. The first kappa shape index (κ1) is 18.1. The summed E-state index contributed by atoms with van der Waals surface area (Å²) in [5.41, 5.74) is 3.99. The first-order chi connectivity index (χ1) is 13.1. The number of halogens is 3. The van der Waals surface area contributed by atoms with E-state index < -0.39 is 0 Å². The molecule has 132 valence electrons. The summed E-state index contributed by atoms with van der Waals surface area (Å²) in [5.74, 6) is 1.51. The topological polar surface area (TPSA) is 11.3 Å². The molecule has 4 rings (SSSR count). The molecule has 0 radical (unpaired) electrons. The van der Waals surface area contributed by atoms with Crippen molar-refractivity contribution in [3.05, 3.63) is 100.0 Å². The van der Waals surface area contributed by atoms with Crippen molar-refractivity contribution in [3.8, 4) is 33.8 Å². The Labute approximate surface area is 172 Å². The third-order valence-corrected chi connectivity index (χ3v) is 4.98. The Balaban J connectivity index is 1.89. The first-order valence-electron chi connectivity index (χ1n) is 8.34. The molecule has 0 aliphatic carbocycles. The van der Waals surface area contributed by atoms with Crippen molar-refractivity contribution in [2.45, 2.75) is 0 Å². The molecule has 0 unspecified atom stereocenters. The van der Waals surface area contributed by atoms with Crippen LogP contribution in [0.2, 0.25) is 15.1 Å². The number of hydrogen-bond donors (Lipinski definition) is 0. The second-order valence-electron chi connectivity index (χ2n) is 6.10. The van der Waals surface area contributed by atoms with Gasteiger partial charge >= 0.3 is 11.5 Å². The lowest BCUT2D eigenvalue weighted by molar-refractivity contribution is 0.582. The second kappa shape index (κ2) is 7.74. The lowest BCUT2D eigenvalue weighted by atomic mass is 10.0. The van der Waals surface area contributed by atoms with E-state index in [1.54, 1.807) is 0 Å². The molecule has 4 heteroatoms. The summed E-state index contributed by atoms with van der Waals surface area (Å²) in [4.78, 5) is 0. The van der Waals surface area contributed by atoms with E-state index in [1.165, 1.54) is 0 Å². The van der Waals surface area contributed by atoms with Gasteiger partial charge in [0, 0.05) is 20.6 Å². The van der Waals surface area contributed by atoms with Gasteiger partial charge in [-0.2, -0.15) is 0 Å². The SMILES string of the molecule is Clc1ccc(-c2cc(-c3ccc(Cl)cc3)[o+]c(-c3ccc(Cl)cc3)c2)cc1. The molecular weight excluding hydrogens is 399 g/mol. The minimum atomic E-state index is 0.686. The molecule has 0 aliphatic rings. The smallest absolute Gasteiger partial charge is 0.207 e. The minimum Gasteiger partial charge on any atom is -0.207 e. The predicted octanol–water partition coefficient (Wildman–Crippen LogP) is 8.52. The molecule has 3 aromatic carbocycles. The Kier molecular flexibility index (Phi) is 5.18. The largest absolute Gasteiger partial charge is 0.361 e. The fraction of sp³-hybridized carbons (Fsp3) is 0. The van der Waals surface area contributed by atoms with E-state index >= 15 is 0 Å². The molecule has 0 N–H and O–H groups in total. The van der Waals surface area contributed by atoms with Crippen molar-refractivity contribution in [1.82, 2.24) is 0 Å². The van der Waals surface area contributed by atoms with Gasteiger partial charge in [0.1, 0.15) is 0 Å². The van der Waals surface area contributed by atoms with Crippen molar-refractivity contribution < 1.29 is 4.42 Å². The molecule has 0 bridgehead atoms. The second-order valence-corrected chi connectivity index (χ2v) is 7.40. The molecule has 1 heterocycles. The van der Waals surface area contributed by atoms with E-state index in [0.29, 0.717) is 15.1 Å². The van der Waals surface area contributed by atoms with Crippen LogP contribution in [0.15, 0.2) is 89.3 Å². The van der Waals surface area contributed by atoms with Crippen LogP contribution < -0.4 is 0 Å². The van der Waals surface area contributed by atoms with Gasteiger partial charge in [0.05, 0.1) is 23.3 Å². The molecule has 1 nitrogen and oxygen atoms in total. The third kappa shape index (κ3) is 4.17. The quantitative estimate of drug-likeness (QED) is 0.307. The Morgan fingerprint density at radius 2 is 0.741 bits per heavy atom. The van der Waals surface area contributed by atoms with Gasteiger partial charge < -0.3 is 0 Å². The Morgan fingerprint density at radius 1 is 0.407 bits per heavy atom. The summed E-state index contributed by atoms with van der Waals surface area (Å²) in [6.07, 6.45) is 0. The summed E-state index contributed by atoms with van der Waals surface area (Å²) in [6, 6.07) is 27.0. The lowest BCUT2D eigenvalue weighted by Gasteiger charge is -2.03. The molecule has 0 atom stereocenters. The summed E-state index contributed by atoms with van der Waals surface area (Å²) in [7, 11) is 0. The fourth-order valence-corrected chi connectivity index (χ4v) is 3.20. The van der Waals surface area contributed by atoms with Crippen molar-refractivity contribution in [2.24, 2.45) is 0 Å². The van der Waals surface area contributed by atoms with Gasteiger partial charge in [0.25, 0.3) is 0 Å². The van der Waals surface area contributed by atoms with E-state index in [1.807, 2.05) is 84.9 Å². The maximum atomic E-state index is 6.20. The molecule has 0 aliphatic heterocycles. The van der Waals surface area contributed by atoms with Crippen LogP contribution in [-0.2, 0) is 0 Å². The van der Waals surface area contributed by atoms with Gasteiger partial charge in [-0.3, -0.25) is 0 Å². The highest BCUT2D eigenvalue weighted by atomic mass is 35.5. The number of benzene rings is 3. The highest BCUT2D eigenvalue weighted by Gasteiger charge is 2.20. The predicted molar refractivity (Wildman–Crippen MR) is 114 cm³/mol. The van der Waals surface area contributed by atoms with Crippen LogP contribution in [0.4, 0.5) is 0 Å². The van der Waals surface area contributed by atoms with Gasteiger partial charge in [-0.25, -0.2) is 4.42 Å². The van der Waals surface area contributed by atoms with Crippen LogP contribution in [0.5, 0.6) is 0 Å². The zero-order chi connectivity index (χ0) is 18.8. The number of rotatable bonds is 3. The summed E-state index contributed by atoms with van der Waals surface area (Å²) < 4.78 is 6.20. The van der Waals surface area contributed by atoms with E-state index in [9.17, 15) is 0 Å². The van der Waals surface area contributed by atoms with E-state index in [2.05, 4.69) is 0 Å². The Hall–Kier alpha value is -2.32. The standard InChI is InChI=1S/C23H14Cl3O/c24-19-7-1-15(2-8-19)18-13-22(16-3-9-20(25)10-4-16)27-23(14-18)17-5-11-21(26)12-6-17/h1-14H/q+1. The van der Waals surface area contributed by atoms with Crippen LogP contribution in [0.3, 0.4) is 0 Å². The average molecular weight is 413 g/mol. The number of hydrogen-bond acceptors (Lipinski definition) is 0. The molecule has 0 fully saturated rings. The maximum absolute atomic E-state index is 6.20. The Morgan fingerprint density at radius 3 is 1.11 bits per heavy atom. The van der Waals surface area contributed by atoms with Crippen LogP contribution in [0, 0.1) is 0 Å². The highest BCUT2D eigenvalue weighted by molar-refractivity contribution is 6.31. The molecule has 1 aromatic heterocycles. The molecule has 0 saturated heterocycles. The summed E-state index contributed by atoms with van der Waals surface area (Å²) >= 11 is 18.1. The van der Waals surface area contributed by atoms with Crippen LogP contribution in [0.25, 0.3) is 33.8 Å². The van der Waals surface area contributed by atoms with Crippen LogP contribution in [0.1, 0.15) is 0 Å². The van der Waals surface area contributed by atoms with Gasteiger partial charge in [-0.1, -0.05) is 46.9 Å². The van der Waals surface area contributed by atoms with E-state index in [-0.39, 0.29) is 0 Å². The van der Waals surface area contributed by atoms with Gasteiger partial charge in [0.2, 0.25) is 0 Å². The highest BCUT2D eigenvalue weighted by Crippen LogP contribution is 2.34. The maximum Gasteiger partial charge on any atom is 0.361 e. The molecular formula is C23H14Cl3O+. The van der Waals surface area contributed by atoms with E-state index in [4.69, 9.17) is 39.2 Å². The van der Waals surface area contributed by atoms with Gasteiger partial charge in [-0.05, 0) is 66.2 Å². The zero-order valence-electron chi connectivity index (χ0n) is 14.1. The van der Waals surface area contributed by atoms with Crippen molar-refractivity contribution in [3.63, 3.8) is 0 Å². The van der Waals surface area contributed by atoms with Crippen molar-refractivity contribution in [2.75, 3.05) is 0 Å². The third-order valence-electron chi connectivity index (χ3n) is 4.23. The summed E-state index contributed by atoms with van der Waals surface area (Å²) in [6.45, 7) is 0. The van der Waals surface area contributed by atoms with Crippen LogP contribution >= 0.6 is 34.8 Å². The first-order valence-corrected chi connectivity index (χ1v) is 9.48. The van der Waals surface area contributed by atoms with Gasteiger partial charge in [-0.15, -0.1) is 0 Å². The van der Waals surface area contributed by atoms with Gasteiger partial charge in [0.15, 0.2) is 0 Å². The lowest BCUT2D eigenvalue weighted by Crippen LogP contribution is -1.86.